The highest BCUT2D eigenvalue weighted by molar-refractivity contribution is 5.69. The van der Waals surface area contributed by atoms with E-state index in [9.17, 15) is 9.18 Å². The summed E-state index contributed by atoms with van der Waals surface area (Å²) in [5.74, 6) is 0.519. The molecule has 0 spiro atoms. The Bertz CT molecular complexity index is 708. The molecule has 0 aliphatic heterocycles. The molecule has 0 unspecified atom stereocenters. The Labute approximate surface area is 146 Å². The van der Waals surface area contributed by atoms with E-state index in [1.54, 1.807) is 12.1 Å². The van der Waals surface area contributed by atoms with E-state index in [2.05, 4.69) is 5.32 Å². The summed E-state index contributed by atoms with van der Waals surface area (Å²) in [5.41, 5.74) is 0.851. The van der Waals surface area contributed by atoms with E-state index in [0.717, 1.165) is 36.5 Å². The number of nitrogens with one attached hydrogen (secondary N) is 1. The number of carboxylic acid groups (broad SMARTS) is 1. The van der Waals surface area contributed by atoms with E-state index in [1.807, 2.05) is 24.0 Å². The van der Waals surface area contributed by atoms with Gasteiger partial charge in [0.05, 0.1) is 13.1 Å². The molecule has 1 aliphatic carbocycles. The van der Waals surface area contributed by atoms with Crippen molar-refractivity contribution in [1.29, 1.82) is 0 Å². The number of hydrogen-bond donors (Lipinski definition) is 2. The monoisotopic (exact) mass is 346 g/mol. The molecular weight excluding hydrogens is 323 g/mol. The van der Waals surface area contributed by atoms with E-state index < -0.39 is 5.97 Å². The molecule has 0 radical (unpaired) electrons. The SMILES string of the molecule is CCN(CC(=O)O)C1CC(NCc2ccc(-c3ccc(F)cc3)o2)C1. The number of benzene rings is 1. The van der Waals surface area contributed by atoms with Gasteiger partial charge in [0.25, 0.3) is 0 Å². The Kier molecular flexibility index (Phi) is 5.50. The van der Waals surface area contributed by atoms with Crippen LogP contribution < -0.4 is 5.32 Å². The van der Waals surface area contributed by atoms with Gasteiger partial charge in [0.1, 0.15) is 17.3 Å². The third-order valence-corrected chi connectivity index (χ3v) is 4.73. The fourth-order valence-corrected chi connectivity index (χ4v) is 3.21. The highest BCUT2D eigenvalue weighted by Gasteiger charge is 2.33. The molecule has 1 aliphatic rings. The molecule has 3 rings (SSSR count). The van der Waals surface area contributed by atoms with Crippen molar-refractivity contribution in [3.8, 4) is 11.3 Å². The van der Waals surface area contributed by atoms with Crippen molar-refractivity contribution < 1.29 is 18.7 Å². The Morgan fingerprint density at radius 1 is 1.28 bits per heavy atom. The third kappa shape index (κ3) is 4.46. The second kappa shape index (κ2) is 7.80. The number of nitrogens with zero attached hydrogens (tertiary/aromatic N) is 1. The maximum atomic E-state index is 13.0. The highest BCUT2D eigenvalue weighted by Crippen LogP contribution is 2.27. The summed E-state index contributed by atoms with van der Waals surface area (Å²) in [5, 5.41) is 12.4. The van der Waals surface area contributed by atoms with Crippen LogP contribution in [0.15, 0.2) is 40.8 Å². The van der Waals surface area contributed by atoms with Crippen molar-refractivity contribution in [1.82, 2.24) is 10.2 Å². The van der Waals surface area contributed by atoms with E-state index in [4.69, 9.17) is 9.52 Å². The number of furan rings is 1. The fourth-order valence-electron chi connectivity index (χ4n) is 3.21. The van der Waals surface area contributed by atoms with Crippen LogP contribution in [-0.4, -0.2) is 41.1 Å². The van der Waals surface area contributed by atoms with Gasteiger partial charge in [-0.05, 0) is 55.8 Å². The average Bonchev–Trinajstić information content (AvgIpc) is 3.01. The Hall–Kier alpha value is -2.18. The Balaban J connectivity index is 1.46. The second-order valence-electron chi connectivity index (χ2n) is 6.43. The number of carbonyl (C=O) groups is 1. The Morgan fingerprint density at radius 3 is 2.64 bits per heavy atom. The standard InChI is InChI=1S/C19H23FN2O3/c1-2-22(12-19(23)24)16-9-15(10-16)21-11-17-7-8-18(25-17)13-3-5-14(20)6-4-13/h3-8,15-16,21H,2,9-12H2,1H3,(H,23,24). The lowest BCUT2D eigenvalue weighted by Gasteiger charge is -2.42. The zero-order valence-electron chi connectivity index (χ0n) is 14.2. The molecule has 0 atom stereocenters. The fraction of sp³-hybridized carbons (Fsp3) is 0.421. The van der Waals surface area contributed by atoms with Crippen molar-refractivity contribution in [2.45, 2.75) is 38.4 Å². The first-order chi connectivity index (χ1) is 12.0. The predicted molar refractivity (Wildman–Crippen MR) is 92.6 cm³/mol. The molecule has 0 amide bonds. The summed E-state index contributed by atoms with van der Waals surface area (Å²) in [7, 11) is 0. The van der Waals surface area contributed by atoms with Crippen LogP contribution >= 0.6 is 0 Å². The first-order valence-electron chi connectivity index (χ1n) is 8.59. The van der Waals surface area contributed by atoms with Crippen LogP contribution in [0.4, 0.5) is 4.39 Å². The molecule has 2 aromatic rings. The van der Waals surface area contributed by atoms with Gasteiger partial charge in [0.15, 0.2) is 0 Å². The maximum absolute atomic E-state index is 13.0. The topological polar surface area (TPSA) is 65.7 Å². The number of carboxylic acids is 1. The van der Waals surface area contributed by atoms with Gasteiger partial charge in [-0.3, -0.25) is 9.69 Å². The predicted octanol–water partition coefficient (Wildman–Crippen LogP) is 3.11. The molecule has 6 heteroatoms. The quantitative estimate of drug-likeness (QED) is 0.769. The van der Waals surface area contributed by atoms with Gasteiger partial charge in [-0.25, -0.2) is 4.39 Å². The zero-order valence-corrected chi connectivity index (χ0v) is 14.2. The lowest BCUT2D eigenvalue weighted by molar-refractivity contribution is -0.139. The molecule has 1 saturated carbocycles. The highest BCUT2D eigenvalue weighted by atomic mass is 19.1. The molecule has 0 bridgehead atoms. The lowest BCUT2D eigenvalue weighted by Crippen LogP contribution is -2.53. The Morgan fingerprint density at radius 2 is 2.00 bits per heavy atom. The number of rotatable bonds is 8. The van der Waals surface area contributed by atoms with Gasteiger partial charge in [-0.2, -0.15) is 0 Å². The van der Waals surface area contributed by atoms with E-state index in [-0.39, 0.29) is 12.4 Å². The summed E-state index contributed by atoms with van der Waals surface area (Å²) in [4.78, 5) is 12.9. The molecule has 1 aromatic heterocycles. The minimum absolute atomic E-state index is 0.104. The van der Waals surface area contributed by atoms with Crippen LogP contribution in [0.25, 0.3) is 11.3 Å². The second-order valence-corrected chi connectivity index (χ2v) is 6.43. The summed E-state index contributed by atoms with van der Waals surface area (Å²) in [6.07, 6.45) is 1.90. The first-order valence-corrected chi connectivity index (χ1v) is 8.59. The van der Waals surface area contributed by atoms with Gasteiger partial charge in [0.2, 0.25) is 0 Å². The van der Waals surface area contributed by atoms with E-state index in [0.29, 0.717) is 18.6 Å². The van der Waals surface area contributed by atoms with Crippen LogP contribution in [0.5, 0.6) is 0 Å². The van der Waals surface area contributed by atoms with Gasteiger partial charge >= 0.3 is 5.97 Å². The molecule has 1 aromatic carbocycles. The number of likely N-dealkylation sites (N-methyl/N-ethyl adjacent to an activating group) is 1. The van der Waals surface area contributed by atoms with Crippen LogP contribution in [-0.2, 0) is 11.3 Å². The molecule has 25 heavy (non-hydrogen) atoms. The molecule has 0 saturated heterocycles. The van der Waals surface area contributed by atoms with E-state index >= 15 is 0 Å². The number of halogens is 1. The minimum atomic E-state index is -0.776. The molecule has 1 fully saturated rings. The number of hydrogen-bond acceptors (Lipinski definition) is 4. The first kappa shape index (κ1) is 17.6. The van der Waals surface area contributed by atoms with Gasteiger partial charge in [-0.1, -0.05) is 6.92 Å². The average molecular weight is 346 g/mol. The van der Waals surface area contributed by atoms with Crippen LogP contribution in [0.1, 0.15) is 25.5 Å². The van der Waals surface area contributed by atoms with Gasteiger partial charge in [-0.15, -0.1) is 0 Å². The molecule has 1 heterocycles. The van der Waals surface area contributed by atoms with E-state index in [1.165, 1.54) is 12.1 Å². The molecule has 2 N–H and O–H groups in total. The normalized spacial score (nSPS) is 19.8. The van der Waals surface area contributed by atoms with Gasteiger partial charge < -0.3 is 14.8 Å². The summed E-state index contributed by atoms with van der Waals surface area (Å²) in [6.45, 7) is 3.48. The summed E-state index contributed by atoms with van der Waals surface area (Å²) < 4.78 is 18.8. The van der Waals surface area contributed by atoms with Crippen molar-refractivity contribution in [2.75, 3.05) is 13.1 Å². The third-order valence-electron chi connectivity index (χ3n) is 4.73. The lowest BCUT2D eigenvalue weighted by atomic mass is 9.85. The van der Waals surface area contributed by atoms with Crippen LogP contribution in [0, 0.1) is 5.82 Å². The summed E-state index contributed by atoms with van der Waals surface area (Å²) in [6, 6.07) is 10.8. The van der Waals surface area contributed by atoms with Crippen LogP contribution in [0.2, 0.25) is 0 Å². The summed E-state index contributed by atoms with van der Waals surface area (Å²) >= 11 is 0. The van der Waals surface area contributed by atoms with Gasteiger partial charge in [0, 0.05) is 17.6 Å². The van der Waals surface area contributed by atoms with Crippen molar-refractivity contribution in [2.24, 2.45) is 0 Å². The zero-order chi connectivity index (χ0) is 17.8. The maximum Gasteiger partial charge on any atom is 0.317 e. The van der Waals surface area contributed by atoms with Crippen molar-refractivity contribution in [3.63, 3.8) is 0 Å². The van der Waals surface area contributed by atoms with Crippen molar-refractivity contribution in [3.05, 3.63) is 48.0 Å². The number of aliphatic carboxylic acids is 1. The van der Waals surface area contributed by atoms with Crippen LogP contribution in [0.3, 0.4) is 0 Å². The minimum Gasteiger partial charge on any atom is -0.480 e. The smallest absolute Gasteiger partial charge is 0.317 e. The molecular formula is C19H23FN2O3. The van der Waals surface area contributed by atoms with Crippen molar-refractivity contribution >= 4 is 5.97 Å². The largest absolute Gasteiger partial charge is 0.480 e. The molecule has 5 nitrogen and oxygen atoms in total. The molecule has 134 valence electrons.